The molecule has 2 rings (SSSR count). The highest BCUT2D eigenvalue weighted by Crippen LogP contribution is 2.32. The van der Waals surface area contributed by atoms with Gasteiger partial charge in [-0.25, -0.2) is 8.42 Å². The van der Waals surface area contributed by atoms with E-state index in [0.717, 1.165) is 24.0 Å². The van der Waals surface area contributed by atoms with Crippen LogP contribution in [-0.4, -0.2) is 33.7 Å². The average Bonchev–Trinajstić information content (AvgIpc) is 2.63. The molecule has 0 aliphatic carbocycles. The van der Waals surface area contributed by atoms with E-state index >= 15 is 0 Å². The van der Waals surface area contributed by atoms with Crippen LogP contribution in [0.25, 0.3) is 0 Å². The minimum atomic E-state index is -4.62. The molecular formula is C19H21F3N2O3S. The third kappa shape index (κ3) is 5.98. The maximum absolute atomic E-state index is 12.9. The Hall–Kier alpha value is -2.55. The Labute approximate surface area is 162 Å². The summed E-state index contributed by atoms with van der Waals surface area (Å²) in [6, 6.07) is 13.3. The molecule has 1 N–H and O–H groups in total. The van der Waals surface area contributed by atoms with E-state index in [-0.39, 0.29) is 18.2 Å². The molecule has 1 amide bonds. The summed E-state index contributed by atoms with van der Waals surface area (Å²) in [5.74, 6) is -0.615. The van der Waals surface area contributed by atoms with Crippen molar-refractivity contribution in [2.75, 3.05) is 23.7 Å². The smallest absolute Gasteiger partial charge is 0.354 e. The molecule has 0 bridgehead atoms. The number of carbonyl (C=O) groups excluding carboxylic acids is 1. The number of halogens is 3. The molecule has 0 aliphatic rings. The summed E-state index contributed by atoms with van der Waals surface area (Å²) in [6.45, 7) is 1.56. The molecule has 152 valence electrons. The largest absolute Gasteiger partial charge is 0.416 e. The fourth-order valence-corrected chi connectivity index (χ4v) is 3.44. The second-order valence-electron chi connectivity index (χ2n) is 6.43. The maximum Gasteiger partial charge on any atom is 0.416 e. The van der Waals surface area contributed by atoms with Crippen LogP contribution in [0, 0.1) is 0 Å². The van der Waals surface area contributed by atoms with E-state index in [1.165, 1.54) is 6.07 Å². The van der Waals surface area contributed by atoms with Crippen molar-refractivity contribution in [1.82, 2.24) is 5.32 Å². The Morgan fingerprint density at radius 2 is 1.75 bits per heavy atom. The van der Waals surface area contributed by atoms with Crippen LogP contribution >= 0.6 is 0 Å². The van der Waals surface area contributed by atoms with Gasteiger partial charge in [0.15, 0.2) is 0 Å². The number of hydrogen-bond acceptors (Lipinski definition) is 3. The van der Waals surface area contributed by atoms with Crippen LogP contribution in [0.3, 0.4) is 0 Å². The van der Waals surface area contributed by atoms with Gasteiger partial charge in [-0.2, -0.15) is 13.2 Å². The zero-order valence-electron chi connectivity index (χ0n) is 15.4. The standard InChI is InChI=1S/C19H21F3N2O3S/c1-14(15-7-4-3-5-8-15)12-23-18(25)13-24(28(2,26)27)17-10-6-9-16(11-17)19(20,21)22/h3-11,14H,12-13H2,1-2H3,(H,23,25)/t14-/m0/s1. The zero-order chi connectivity index (χ0) is 20.9. The van der Waals surface area contributed by atoms with Crippen molar-refractivity contribution in [2.24, 2.45) is 0 Å². The molecule has 1 atom stereocenters. The number of amides is 1. The number of nitrogens with zero attached hydrogens (tertiary/aromatic N) is 1. The van der Waals surface area contributed by atoms with Crippen molar-refractivity contribution >= 4 is 21.6 Å². The highest BCUT2D eigenvalue weighted by molar-refractivity contribution is 7.92. The number of anilines is 1. The Balaban J connectivity index is 2.12. The van der Waals surface area contributed by atoms with Gasteiger partial charge in [-0.05, 0) is 29.7 Å². The lowest BCUT2D eigenvalue weighted by atomic mass is 10.0. The van der Waals surface area contributed by atoms with Crippen molar-refractivity contribution in [1.29, 1.82) is 0 Å². The summed E-state index contributed by atoms with van der Waals surface area (Å²) in [5, 5.41) is 2.63. The molecule has 0 spiro atoms. The Bertz CT molecular complexity index is 916. The van der Waals surface area contributed by atoms with Crippen molar-refractivity contribution in [2.45, 2.75) is 19.0 Å². The Morgan fingerprint density at radius 3 is 2.32 bits per heavy atom. The number of benzene rings is 2. The summed E-state index contributed by atoms with van der Waals surface area (Å²) in [7, 11) is -3.96. The highest BCUT2D eigenvalue weighted by atomic mass is 32.2. The highest BCUT2D eigenvalue weighted by Gasteiger charge is 2.32. The topological polar surface area (TPSA) is 66.5 Å². The molecular weight excluding hydrogens is 393 g/mol. The fourth-order valence-electron chi connectivity index (χ4n) is 2.59. The molecule has 0 unspecified atom stereocenters. The van der Waals surface area contributed by atoms with Gasteiger partial charge in [-0.3, -0.25) is 9.10 Å². The molecule has 0 aliphatic heterocycles. The zero-order valence-corrected chi connectivity index (χ0v) is 16.2. The quantitative estimate of drug-likeness (QED) is 0.755. The third-order valence-electron chi connectivity index (χ3n) is 4.12. The van der Waals surface area contributed by atoms with Gasteiger partial charge in [-0.15, -0.1) is 0 Å². The second-order valence-corrected chi connectivity index (χ2v) is 8.34. The van der Waals surface area contributed by atoms with Crippen LogP contribution in [0.1, 0.15) is 24.0 Å². The first-order valence-electron chi connectivity index (χ1n) is 8.45. The average molecular weight is 414 g/mol. The van der Waals surface area contributed by atoms with Crippen LogP contribution in [-0.2, 0) is 21.0 Å². The Kier molecular flexibility index (Phi) is 6.71. The minimum Gasteiger partial charge on any atom is -0.354 e. The van der Waals surface area contributed by atoms with Crippen molar-refractivity contribution in [3.05, 3.63) is 65.7 Å². The first-order chi connectivity index (χ1) is 13.0. The van der Waals surface area contributed by atoms with Crippen LogP contribution in [0.15, 0.2) is 54.6 Å². The molecule has 0 saturated heterocycles. The van der Waals surface area contributed by atoms with E-state index in [2.05, 4.69) is 5.32 Å². The molecule has 0 radical (unpaired) electrons. The summed E-state index contributed by atoms with van der Waals surface area (Å²) in [5.41, 5.74) is -0.207. The lowest BCUT2D eigenvalue weighted by Crippen LogP contribution is -2.41. The van der Waals surface area contributed by atoms with E-state index in [1.807, 2.05) is 37.3 Å². The number of nitrogens with one attached hydrogen (secondary N) is 1. The van der Waals surface area contributed by atoms with Crippen LogP contribution < -0.4 is 9.62 Å². The van der Waals surface area contributed by atoms with E-state index < -0.39 is 34.2 Å². The van der Waals surface area contributed by atoms with E-state index in [4.69, 9.17) is 0 Å². The third-order valence-corrected chi connectivity index (χ3v) is 5.26. The van der Waals surface area contributed by atoms with Crippen molar-refractivity contribution < 1.29 is 26.4 Å². The molecule has 9 heteroatoms. The molecule has 0 aromatic heterocycles. The van der Waals surface area contributed by atoms with E-state index in [1.54, 1.807) is 0 Å². The van der Waals surface area contributed by atoms with Gasteiger partial charge >= 0.3 is 6.18 Å². The number of carbonyl (C=O) groups is 1. The predicted molar refractivity (Wildman–Crippen MR) is 102 cm³/mol. The van der Waals surface area contributed by atoms with Crippen molar-refractivity contribution in [3.63, 3.8) is 0 Å². The predicted octanol–water partition coefficient (Wildman–Crippen LogP) is 3.39. The molecule has 0 saturated carbocycles. The second kappa shape index (κ2) is 8.64. The van der Waals surface area contributed by atoms with Gasteiger partial charge in [0, 0.05) is 6.54 Å². The molecule has 28 heavy (non-hydrogen) atoms. The Morgan fingerprint density at radius 1 is 1.11 bits per heavy atom. The van der Waals surface area contributed by atoms with Crippen LogP contribution in [0.4, 0.5) is 18.9 Å². The first-order valence-corrected chi connectivity index (χ1v) is 10.3. The van der Waals surface area contributed by atoms with Crippen molar-refractivity contribution in [3.8, 4) is 0 Å². The summed E-state index contributed by atoms with van der Waals surface area (Å²) < 4.78 is 63.5. The minimum absolute atomic E-state index is 0.00890. The van der Waals surface area contributed by atoms with Crippen LogP contribution in [0.5, 0.6) is 0 Å². The molecule has 2 aromatic rings. The van der Waals surface area contributed by atoms with E-state index in [0.29, 0.717) is 10.4 Å². The normalized spacial score (nSPS) is 13.0. The monoisotopic (exact) mass is 414 g/mol. The first kappa shape index (κ1) is 21.7. The fraction of sp³-hybridized carbons (Fsp3) is 0.316. The molecule has 0 heterocycles. The van der Waals surface area contributed by atoms with Gasteiger partial charge in [0.05, 0.1) is 17.5 Å². The summed E-state index contributed by atoms with van der Waals surface area (Å²) >= 11 is 0. The molecule has 0 fully saturated rings. The maximum atomic E-state index is 12.9. The molecule has 2 aromatic carbocycles. The lowest BCUT2D eigenvalue weighted by Gasteiger charge is -2.23. The molecule has 5 nitrogen and oxygen atoms in total. The number of rotatable bonds is 7. The van der Waals surface area contributed by atoms with Gasteiger partial charge in [0.25, 0.3) is 0 Å². The number of sulfonamides is 1. The number of alkyl halides is 3. The van der Waals surface area contributed by atoms with Gasteiger partial charge in [-0.1, -0.05) is 43.3 Å². The summed E-state index contributed by atoms with van der Waals surface area (Å²) in [6.07, 6.45) is -3.78. The SMILES string of the molecule is C[C@@H](CNC(=O)CN(c1cccc(C(F)(F)F)c1)S(C)(=O)=O)c1ccccc1. The van der Waals surface area contributed by atoms with E-state index in [9.17, 15) is 26.4 Å². The van der Waals surface area contributed by atoms with Gasteiger partial charge < -0.3 is 5.32 Å². The van der Waals surface area contributed by atoms with Crippen LogP contribution in [0.2, 0.25) is 0 Å². The van der Waals surface area contributed by atoms with Gasteiger partial charge in [0.2, 0.25) is 15.9 Å². The summed E-state index contributed by atoms with van der Waals surface area (Å²) in [4.78, 5) is 12.3. The van der Waals surface area contributed by atoms with Gasteiger partial charge in [0.1, 0.15) is 6.54 Å². The number of hydrogen-bond donors (Lipinski definition) is 1. The lowest BCUT2D eigenvalue weighted by molar-refractivity contribution is -0.137.